The Balaban J connectivity index is 1.51. The molecule has 0 saturated heterocycles. The minimum absolute atomic E-state index is 0.453. The fourth-order valence-corrected chi connectivity index (χ4v) is 4.06. The molecule has 3 heterocycles. The van der Waals surface area contributed by atoms with Crippen molar-refractivity contribution < 1.29 is 0 Å². The molecule has 4 aromatic rings. The summed E-state index contributed by atoms with van der Waals surface area (Å²) in [5.41, 5.74) is 3.74. The van der Waals surface area contributed by atoms with E-state index in [0.29, 0.717) is 18.5 Å². The molecule has 7 heteroatoms. The molecular formula is C23H25N7. The lowest BCUT2D eigenvalue weighted by Gasteiger charge is -2.23. The molecule has 0 atom stereocenters. The number of hydrogen-bond donors (Lipinski definition) is 2. The van der Waals surface area contributed by atoms with Gasteiger partial charge in [0.1, 0.15) is 0 Å². The van der Waals surface area contributed by atoms with E-state index in [-0.39, 0.29) is 0 Å². The van der Waals surface area contributed by atoms with Crippen LogP contribution in [0.2, 0.25) is 0 Å². The summed E-state index contributed by atoms with van der Waals surface area (Å²) in [6, 6.07) is 14.4. The minimum Gasteiger partial charge on any atom is -0.364 e. The first kappa shape index (κ1) is 18.5. The summed E-state index contributed by atoms with van der Waals surface area (Å²) in [5.74, 6) is 1.30. The molecule has 152 valence electrons. The first-order chi connectivity index (χ1) is 14.9. The quantitative estimate of drug-likeness (QED) is 0.470. The average molecular weight is 400 g/mol. The summed E-state index contributed by atoms with van der Waals surface area (Å²) in [6.45, 7) is 0.626. The molecular weight excluding hydrogens is 374 g/mol. The van der Waals surface area contributed by atoms with E-state index in [1.165, 1.54) is 32.1 Å². The van der Waals surface area contributed by atoms with Crippen molar-refractivity contribution in [2.24, 2.45) is 0 Å². The number of nitrogens with zero attached hydrogens (tertiary/aromatic N) is 5. The van der Waals surface area contributed by atoms with E-state index >= 15 is 0 Å². The Morgan fingerprint density at radius 1 is 0.967 bits per heavy atom. The van der Waals surface area contributed by atoms with Gasteiger partial charge in [-0.2, -0.15) is 9.97 Å². The van der Waals surface area contributed by atoms with E-state index in [9.17, 15) is 0 Å². The molecule has 1 aliphatic rings. The van der Waals surface area contributed by atoms with Crippen LogP contribution in [0, 0.1) is 0 Å². The third-order valence-electron chi connectivity index (χ3n) is 5.60. The second-order valence-electron chi connectivity index (χ2n) is 7.72. The summed E-state index contributed by atoms with van der Waals surface area (Å²) in [5, 5.41) is 6.78. The number of anilines is 3. The van der Waals surface area contributed by atoms with Gasteiger partial charge in [-0.3, -0.25) is 4.98 Å². The number of fused-ring (bicyclic) bond motifs is 1. The van der Waals surface area contributed by atoms with Crippen LogP contribution in [0.1, 0.15) is 43.7 Å². The molecule has 0 bridgehead atoms. The number of imidazole rings is 1. The van der Waals surface area contributed by atoms with Gasteiger partial charge in [0.15, 0.2) is 17.0 Å². The van der Waals surface area contributed by atoms with Crippen LogP contribution in [-0.2, 0) is 6.54 Å². The average Bonchev–Trinajstić information content (AvgIpc) is 3.23. The Morgan fingerprint density at radius 2 is 1.83 bits per heavy atom. The maximum absolute atomic E-state index is 4.85. The molecule has 7 nitrogen and oxygen atoms in total. The van der Waals surface area contributed by atoms with Crippen molar-refractivity contribution in [1.82, 2.24) is 24.5 Å². The molecule has 0 aliphatic heterocycles. The number of rotatable bonds is 6. The molecule has 5 rings (SSSR count). The summed E-state index contributed by atoms with van der Waals surface area (Å²) in [4.78, 5) is 18.5. The fraction of sp³-hybridized carbons (Fsp3) is 0.304. The summed E-state index contributed by atoms with van der Waals surface area (Å²) in [7, 11) is 0. The highest BCUT2D eigenvalue weighted by Gasteiger charge is 2.21. The van der Waals surface area contributed by atoms with Crippen molar-refractivity contribution in [1.29, 1.82) is 0 Å². The van der Waals surface area contributed by atoms with Crippen LogP contribution in [-0.4, -0.2) is 24.5 Å². The van der Waals surface area contributed by atoms with Gasteiger partial charge in [0.2, 0.25) is 5.95 Å². The van der Waals surface area contributed by atoms with Crippen molar-refractivity contribution in [3.63, 3.8) is 0 Å². The summed E-state index contributed by atoms with van der Waals surface area (Å²) < 4.78 is 2.24. The highest BCUT2D eigenvalue weighted by atomic mass is 15.2. The highest BCUT2D eigenvalue weighted by Crippen LogP contribution is 2.32. The molecule has 1 saturated carbocycles. The molecule has 30 heavy (non-hydrogen) atoms. The number of pyridine rings is 1. The maximum atomic E-state index is 4.85. The lowest BCUT2D eigenvalue weighted by atomic mass is 9.95. The monoisotopic (exact) mass is 399 g/mol. The number of hydrogen-bond acceptors (Lipinski definition) is 6. The molecule has 0 radical (unpaired) electrons. The molecule has 1 fully saturated rings. The van der Waals surface area contributed by atoms with Crippen LogP contribution in [0.4, 0.5) is 17.5 Å². The Bertz CT molecular complexity index is 1100. The first-order valence-electron chi connectivity index (χ1n) is 10.6. The van der Waals surface area contributed by atoms with Gasteiger partial charge >= 0.3 is 0 Å². The molecule has 1 aliphatic carbocycles. The zero-order chi connectivity index (χ0) is 20.2. The standard InChI is InChI=1S/C23H25N7/c1-3-9-18(10-4-1)27-23-28-21(25-15-17-8-7-13-24-14-17)20-22(29-23)30(16-26-20)19-11-5-2-6-12-19/h1,3-4,7-10,13-14,16,19H,2,5-6,11-12,15H2,(H2,25,27,28,29). The van der Waals surface area contributed by atoms with Crippen LogP contribution in [0.15, 0.2) is 61.2 Å². The van der Waals surface area contributed by atoms with E-state index in [1.54, 1.807) is 6.20 Å². The normalized spacial score (nSPS) is 14.7. The van der Waals surface area contributed by atoms with Gasteiger partial charge in [0, 0.05) is 30.7 Å². The number of benzene rings is 1. The third-order valence-corrected chi connectivity index (χ3v) is 5.60. The lowest BCUT2D eigenvalue weighted by molar-refractivity contribution is 0.358. The summed E-state index contributed by atoms with van der Waals surface area (Å²) in [6.07, 6.45) is 11.8. The molecule has 2 N–H and O–H groups in total. The Kier molecular flexibility index (Phi) is 5.25. The van der Waals surface area contributed by atoms with Crippen LogP contribution in [0.3, 0.4) is 0 Å². The molecule has 0 amide bonds. The Labute approximate surface area is 175 Å². The SMILES string of the molecule is c1ccc(Nc2nc(NCc3cccnc3)c3ncn(C4CCCCC4)c3n2)cc1. The molecule has 3 aromatic heterocycles. The van der Waals surface area contributed by atoms with Crippen molar-refractivity contribution in [3.05, 3.63) is 66.7 Å². The van der Waals surface area contributed by atoms with Crippen molar-refractivity contribution in [2.45, 2.75) is 44.7 Å². The van der Waals surface area contributed by atoms with E-state index in [2.05, 4.69) is 25.2 Å². The van der Waals surface area contributed by atoms with Crippen LogP contribution in [0.5, 0.6) is 0 Å². The van der Waals surface area contributed by atoms with Gasteiger partial charge in [0.05, 0.1) is 6.33 Å². The Morgan fingerprint density at radius 3 is 2.63 bits per heavy atom. The molecule has 1 aromatic carbocycles. The fourth-order valence-electron chi connectivity index (χ4n) is 4.06. The van der Waals surface area contributed by atoms with Crippen molar-refractivity contribution >= 4 is 28.6 Å². The second-order valence-corrected chi connectivity index (χ2v) is 7.72. The maximum Gasteiger partial charge on any atom is 0.231 e. The zero-order valence-electron chi connectivity index (χ0n) is 16.8. The molecule has 0 spiro atoms. The van der Waals surface area contributed by atoms with Gasteiger partial charge in [-0.15, -0.1) is 0 Å². The van der Waals surface area contributed by atoms with Crippen LogP contribution >= 0.6 is 0 Å². The molecule has 0 unspecified atom stereocenters. The lowest BCUT2D eigenvalue weighted by Crippen LogP contribution is -2.13. The Hall–Kier alpha value is -3.48. The van der Waals surface area contributed by atoms with E-state index in [0.717, 1.165) is 28.2 Å². The predicted molar refractivity (Wildman–Crippen MR) is 119 cm³/mol. The van der Waals surface area contributed by atoms with Gasteiger partial charge in [-0.25, -0.2) is 4.98 Å². The first-order valence-corrected chi connectivity index (χ1v) is 10.6. The number of aromatic nitrogens is 5. The smallest absolute Gasteiger partial charge is 0.231 e. The van der Waals surface area contributed by atoms with Gasteiger partial charge in [-0.1, -0.05) is 43.5 Å². The number of nitrogens with one attached hydrogen (secondary N) is 2. The van der Waals surface area contributed by atoms with E-state index in [4.69, 9.17) is 9.97 Å². The second kappa shape index (κ2) is 8.49. The van der Waals surface area contributed by atoms with E-state index in [1.807, 2.05) is 55.0 Å². The van der Waals surface area contributed by atoms with Crippen LogP contribution < -0.4 is 10.6 Å². The topological polar surface area (TPSA) is 80.5 Å². The van der Waals surface area contributed by atoms with Gasteiger partial charge in [-0.05, 0) is 36.6 Å². The summed E-state index contributed by atoms with van der Waals surface area (Å²) >= 11 is 0. The highest BCUT2D eigenvalue weighted by molar-refractivity contribution is 5.84. The van der Waals surface area contributed by atoms with Gasteiger partial charge in [0.25, 0.3) is 0 Å². The van der Waals surface area contributed by atoms with Gasteiger partial charge < -0.3 is 15.2 Å². The minimum atomic E-state index is 0.453. The predicted octanol–water partition coefficient (Wildman–Crippen LogP) is 5.08. The van der Waals surface area contributed by atoms with Crippen molar-refractivity contribution in [3.8, 4) is 0 Å². The zero-order valence-corrected chi connectivity index (χ0v) is 16.8. The largest absolute Gasteiger partial charge is 0.364 e. The van der Waals surface area contributed by atoms with Crippen molar-refractivity contribution in [2.75, 3.05) is 10.6 Å². The third kappa shape index (κ3) is 3.96. The van der Waals surface area contributed by atoms with Crippen LogP contribution in [0.25, 0.3) is 11.2 Å². The van der Waals surface area contributed by atoms with E-state index < -0.39 is 0 Å². The number of para-hydroxylation sites is 1.